The highest BCUT2D eigenvalue weighted by Gasteiger charge is 2.50. The second-order valence-electron chi connectivity index (χ2n) is 10.5. The third-order valence-electron chi connectivity index (χ3n) is 7.53. The first kappa shape index (κ1) is 28.7. The fourth-order valence-electron chi connectivity index (χ4n) is 6.41. The fourth-order valence-corrected chi connectivity index (χ4v) is 6.41. The Balaban J connectivity index is 0.000000479. The minimum atomic E-state index is -5.08. The lowest BCUT2D eigenvalue weighted by molar-refractivity contribution is -0.192. The van der Waals surface area contributed by atoms with Gasteiger partial charge < -0.3 is 25.6 Å². The molecule has 0 heterocycles. The van der Waals surface area contributed by atoms with E-state index in [4.69, 9.17) is 24.7 Å². The van der Waals surface area contributed by atoms with Gasteiger partial charge in [-0.05, 0) is 98.8 Å². The molecular formula is C26H36F3N3O5. The second kappa shape index (κ2) is 12.6. The molecule has 4 N–H and O–H groups in total. The molecule has 4 saturated carbocycles. The molecule has 0 amide bonds. The first-order chi connectivity index (χ1) is 17.5. The molecule has 4 aliphatic carbocycles. The van der Waals surface area contributed by atoms with Crippen molar-refractivity contribution >= 4 is 23.6 Å². The van der Waals surface area contributed by atoms with Gasteiger partial charge in [-0.15, -0.1) is 0 Å². The number of hydrogen-bond acceptors (Lipinski definition) is 4. The van der Waals surface area contributed by atoms with Gasteiger partial charge in [-0.25, -0.2) is 9.59 Å². The lowest BCUT2D eigenvalue weighted by Gasteiger charge is -2.57. The number of guanidine groups is 1. The number of carboxylic acids is 2. The molecule has 4 fully saturated rings. The molecule has 0 spiro atoms. The highest BCUT2D eigenvalue weighted by molar-refractivity contribution is 5.94. The number of nitrogens with one attached hydrogen (secondary N) is 2. The molecule has 1 aromatic rings. The van der Waals surface area contributed by atoms with Gasteiger partial charge in [-0.2, -0.15) is 13.2 Å². The molecule has 11 heteroatoms. The second-order valence-corrected chi connectivity index (χ2v) is 10.5. The molecule has 8 nitrogen and oxygen atoms in total. The topological polar surface area (TPSA) is 120 Å². The number of halogens is 3. The molecule has 0 atom stereocenters. The highest BCUT2D eigenvalue weighted by Crippen LogP contribution is 2.61. The normalized spacial score (nSPS) is 26.3. The summed E-state index contributed by atoms with van der Waals surface area (Å²) >= 11 is 0. The number of aromatic carboxylic acids is 1. The number of rotatable bonds is 9. The molecule has 1 aromatic carbocycles. The lowest BCUT2D eigenvalue weighted by atomic mass is 9.49. The molecule has 4 aliphatic rings. The number of benzene rings is 1. The van der Waals surface area contributed by atoms with E-state index in [9.17, 15) is 18.0 Å². The molecule has 5 rings (SSSR count). The monoisotopic (exact) mass is 527 g/mol. The van der Waals surface area contributed by atoms with Crippen molar-refractivity contribution in [1.82, 2.24) is 5.32 Å². The molecule has 0 saturated heterocycles. The largest absolute Gasteiger partial charge is 0.490 e. The Hall–Kier alpha value is -2.82. The summed E-state index contributed by atoms with van der Waals surface area (Å²) in [5.41, 5.74) is 1.67. The summed E-state index contributed by atoms with van der Waals surface area (Å²) in [7, 11) is 1.70. The Bertz CT molecular complexity index is 914. The summed E-state index contributed by atoms with van der Waals surface area (Å²) in [4.78, 5) is 24.7. The van der Waals surface area contributed by atoms with Crippen molar-refractivity contribution in [3.8, 4) is 0 Å². The molecule has 206 valence electrons. The van der Waals surface area contributed by atoms with Crippen molar-refractivity contribution in [3.05, 3.63) is 29.8 Å². The number of anilines is 1. The maximum atomic E-state index is 11.1. The average Bonchev–Trinajstić information content (AvgIpc) is 2.81. The molecule has 0 unspecified atom stereocenters. The summed E-state index contributed by atoms with van der Waals surface area (Å²) in [6.45, 7) is 2.31. The van der Waals surface area contributed by atoms with Crippen molar-refractivity contribution in [1.29, 1.82) is 0 Å². The Kier molecular flexibility index (Phi) is 9.80. The van der Waals surface area contributed by atoms with E-state index in [1.807, 2.05) is 0 Å². The van der Waals surface area contributed by atoms with E-state index in [0.29, 0.717) is 18.6 Å². The number of alkyl halides is 3. The Labute approximate surface area is 214 Å². The van der Waals surface area contributed by atoms with Crippen molar-refractivity contribution in [2.45, 2.75) is 57.5 Å². The third-order valence-corrected chi connectivity index (χ3v) is 7.53. The molecule has 0 aliphatic heterocycles. The smallest absolute Gasteiger partial charge is 0.478 e. The van der Waals surface area contributed by atoms with Gasteiger partial charge in [-0.3, -0.25) is 4.99 Å². The fraction of sp³-hybridized carbons (Fsp3) is 0.654. The molecule has 0 radical (unpaired) electrons. The van der Waals surface area contributed by atoms with E-state index in [1.54, 1.807) is 31.4 Å². The van der Waals surface area contributed by atoms with Crippen LogP contribution in [0.5, 0.6) is 0 Å². The zero-order chi connectivity index (χ0) is 27.1. The summed E-state index contributed by atoms with van der Waals surface area (Å²) in [5.74, 6) is 0.0213. The first-order valence-corrected chi connectivity index (χ1v) is 12.7. The Morgan fingerprint density at radius 3 is 2.05 bits per heavy atom. The molecular weight excluding hydrogens is 491 g/mol. The zero-order valence-corrected chi connectivity index (χ0v) is 21.0. The number of nitrogens with zero attached hydrogens (tertiary/aromatic N) is 1. The van der Waals surface area contributed by atoms with Gasteiger partial charge in [0.15, 0.2) is 5.96 Å². The minimum Gasteiger partial charge on any atom is -0.478 e. The predicted octanol–water partition coefficient (Wildman–Crippen LogP) is 5.02. The number of carboxylic acid groups (broad SMARTS) is 2. The number of methoxy groups -OCH3 is 1. The number of aliphatic imine (C=N–C) groups is 1. The molecule has 37 heavy (non-hydrogen) atoms. The van der Waals surface area contributed by atoms with Gasteiger partial charge in [-0.1, -0.05) is 0 Å². The van der Waals surface area contributed by atoms with Crippen LogP contribution in [-0.2, 0) is 9.53 Å². The van der Waals surface area contributed by atoms with E-state index in [2.05, 4.69) is 10.6 Å². The van der Waals surface area contributed by atoms with Crippen molar-refractivity contribution in [2.24, 2.45) is 28.2 Å². The quantitative estimate of drug-likeness (QED) is 0.202. The van der Waals surface area contributed by atoms with Crippen molar-refractivity contribution < 1.29 is 37.7 Å². The van der Waals surface area contributed by atoms with Crippen LogP contribution in [-0.4, -0.2) is 61.1 Å². The number of hydrogen-bond donors (Lipinski definition) is 4. The van der Waals surface area contributed by atoms with Gasteiger partial charge >= 0.3 is 18.1 Å². The van der Waals surface area contributed by atoms with Crippen LogP contribution in [0.3, 0.4) is 0 Å². The van der Waals surface area contributed by atoms with Gasteiger partial charge in [0.1, 0.15) is 0 Å². The maximum Gasteiger partial charge on any atom is 0.490 e. The van der Waals surface area contributed by atoms with Crippen LogP contribution < -0.4 is 10.6 Å². The Morgan fingerprint density at radius 1 is 1.05 bits per heavy atom. The zero-order valence-electron chi connectivity index (χ0n) is 21.0. The van der Waals surface area contributed by atoms with Gasteiger partial charge in [0, 0.05) is 32.5 Å². The first-order valence-electron chi connectivity index (χ1n) is 12.7. The van der Waals surface area contributed by atoms with Crippen molar-refractivity contribution in [2.75, 3.05) is 32.1 Å². The maximum absolute atomic E-state index is 11.1. The van der Waals surface area contributed by atoms with Crippen LogP contribution in [0.25, 0.3) is 0 Å². The number of carbonyl (C=O) groups is 2. The summed E-state index contributed by atoms with van der Waals surface area (Å²) in [6.07, 6.45) is 5.71. The van der Waals surface area contributed by atoms with Crippen LogP contribution in [0.4, 0.5) is 18.9 Å². The van der Waals surface area contributed by atoms with Crippen molar-refractivity contribution in [3.63, 3.8) is 0 Å². The lowest BCUT2D eigenvalue weighted by Crippen LogP contribution is -2.47. The van der Waals surface area contributed by atoms with Crippen LogP contribution in [0.2, 0.25) is 0 Å². The van der Waals surface area contributed by atoms with Gasteiger partial charge in [0.2, 0.25) is 0 Å². The van der Waals surface area contributed by atoms with Gasteiger partial charge in [0.25, 0.3) is 0 Å². The minimum absolute atomic E-state index is 0.286. The summed E-state index contributed by atoms with van der Waals surface area (Å²) in [5, 5.41) is 23.1. The predicted molar refractivity (Wildman–Crippen MR) is 133 cm³/mol. The van der Waals surface area contributed by atoms with E-state index in [-0.39, 0.29) is 5.56 Å². The standard InChI is InChI=1S/C24H35N3O3.C2HF3O2/c1-30-10-2-8-25-23(27-21-5-3-20(4-6-21)22(28)29)26-9-7-24-14-17-11-18(15-24)13-19(12-17)16-24;3-2(4,5)1(6)7/h3-6,17-19H,2,7-16H2,1H3,(H,28,29)(H2,25,26,27);(H,6,7). The van der Waals surface area contributed by atoms with E-state index >= 15 is 0 Å². The van der Waals surface area contributed by atoms with Crippen LogP contribution in [0, 0.1) is 23.2 Å². The van der Waals surface area contributed by atoms with Gasteiger partial charge in [0.05, 0.1) is 5.56 Å². The Morgan fingerprint density at radius 2 is 1.59 bits per heavy atom. The van der Waals surface area contributed by atoms with E-state index < -0.39 is 18.1 Å². The third kappa shape index (κ3) is 8.62. The van der Waals surface area contributed by atoms with Crippen LogP contribution >= 0.6 is 0 Å². The summed E-state index contributed by atoms with van der Waals surface area (Å²) < 4.78 is 36.9. The average molecular weight is 528 g/mol. The highest BCUT2D eigenvalue weighted by atomic mass is 19.4. The molecule has 0 aromatic heterocycles. The number of ether oxygens (including phenoxy) is 1. The molecule has 4 bridgehead atoms. The SMILES string of the molecule is COCCCN=C(NCCC12CC3CC(CC(C3)C1)C2)Nc1ccc(C(=O)O)cc1.O=C(O)C(F)(F)F. The summed E-state index contributed by atoms with van der Waals surface area (Å²) in [6, 6.07) is 6.80. The van der Waals surface area contributed by atoms with E-state index in [1.165, 1.54) is 44.9 Å². The van der Waals surface area contributed by atoms with E-state index in [0.717, 1.165) is 42.4 Å². The van der Waals surface area contributed by atoms with Crippen LogP contribution in [0.1, 0.15) is 61.7 Å². The number of aliphatic carboxylic acids is 1. The van der Waals surface area contributed by atoms with Crippen LogP contribution in [0.15, 0.2) is 29.3 Å².